The summed E-state index contributed by atoms with van der Waals surface area (Å²) in [6.07, 6.45) is 2.95. The Labute approximate surface area is 113 Å². The summed E-state index contributed by atoms with van der Waals surface area (Å²) < 4.78 is 28.3. The molecule has 1 aromatic rings. The van der Waals surface area contributed by atoms with Crippen molar-refractivity contribution in [2.75, 3.05) is 18.6 Å². The van der Waals surface area contributed by atoms with Crippen LogP contribution in [0.25, 0.3) is 0 Å². The molecule has 0 radical (unpaired) electrons. The predicted molar refractivity (Wildman–Crippen MR) is 71.6 cm³/mol. The van der Waals surface area contributed by atoms with Crippen molar-refractivity contribution < 1.29 is 12.9 Å². The molecule has 1 aliphatic rings. The van der Waals surface area contributed by atoms with Crippen LogP contribution in [0.4, 0.5) is 0 Å². The van der Waals surface area contributed by atoms with E-state index in [1.807, 2.05) is 14.0 Å². The number of hydrogen-bond donors (Lipinski definition) is 1. The van der Waals surface area contributed by atoms with E-state index in [1.54, 1.807) is 0 Å². The van der Waals surface area contributed by atoms with Gasteiger partial charge in [0, 0.05) is 18.9 Å². The van der Waals surface area contributed by atoms with Crippen LogP contribution in [0.5, 0.6) is 0 Å². The van der Waals surface area contributed by atoms with Gasteiger partial charge in [-0.2, -0.15) is 4.98 Å². The third kappa shape index (κ3) is 4.28. The molecular formula is C12H21N3O3S. The van der Waals surface area contributed by atoms with Crippen molar-refractivity contribution in [3.05, 3.63) is 11.7 Å². The normalized spacial score (nSPS) is 24.2. The van der Waals surface area contributed by atoms with Gasteiger partial charge in [0.05, 0.1) is 11.5 Å². The van der Waals surface area contributed by atoms with Gasteiger partial charge in [-0.25, -0.2) is 8.42 Å². The van der Waals surface area contributed by atoms with Gasteiger partial charge in [0.15, 0.2) is 15.7 Å². The molecule has 0 bridgehead atoms. The third-order valence-corrected chi connectivity index (χ3v) is 5.40. The lowest BCUT2D eigenvalue weighted by Gasteiger charge is -2.20. The van der Waals surface area contributed by atoms with Crippen LogP contribution in [-0.2, 0) is 22.7 Å². The quantitative estimate of drug-likeness (QED) is 0.853. The highest BCUT2D eigenvalue weighted by Crippen LogP contribution is 2.21. The van der Waals surface area contributed by atoms with Crippen LogP contribution in [-0.4, -0.2) is 43.2 Å². The molecule has 1 saturated heterocycles. The lowest BCUT2D eigenvalue weighted by molar-refractivity contribution is 0.357. The van der Waals surface area contributed by atoms with E-state index in [-0.39, 0.29) is 17.7 Å². The van der Waals surface area contributed by atoms with Crippen molar-refractivity contribution in [3.8, 4) is 0 Å². The van der Waals surface area contributed by atoms with E-state index in [0.29, 0.717) is 30.3 Å². The van der Waals surface area contributed by atoms with E-state index in [4.69, 9.17) is 4.52 Å². The molecule has 2 heterocycles. The highest BCUT2D eigenvalue weighted by molar-refractivity contribution is 7.91. The van der Waals surface area contributed by atoms with Crippen molar-refractivity contribution in [1.29, 1.82) is 0 Å². The molecule has 0 spiro atoms. The lowest BCUT2D eigenvalue weighted by Crippen LogP contribution is -2.26. The first kappa shape index (κ1) is 14.5. The van der Waals surface area contributed by atoms with E-state index in [1.165, 1.54) is 0 Å². The number of likely N-dealkylation sites (N-methyl/N-ethyl adjacent to an activating group) is 1. The van der Waals surface area contributed by atoms with Gasteiger partial charge in [0.25, 0.3) is 0 Å². The van der Waals surface area contributed by atoms with Gasteiger partial charge in [0.2, 0.25) is 5.89 Å². The summed E-state index contributed by atoms with van der Waals surface area (Å²) in [5, 5.41) is 7.04. The summed E-state index contributed by atoms with van der Waals surface area (Å²) in [4.78, 5) is 4.33. The first-order valence-corrected chi connectivity index (χ1v) is 8.50. The fraction of sp³-hybridized carbons (Fsp3) is 0.833. The van der Waals surface area contributed by atoms with Crippen LogP contribution in [0, 0.1) is 5.92 Å². The van der Waals surface area contributed by atoms with E-state index >= 15 is 0 Å². The zero-order valence-electron chi connectivity index (χ0n) is 11.4. The van der Waals surface area contributed by atoms with Gasteiger partial charge in [0.1, 0.15) is 0 Å². The van der Waals surface area contributed by atoms with Crippen LogP contribution in [0.15, 0.2) is 4.52 Å². The molecule has 1 aromatic heterocycles. The lowest BCUT2D eigenvalue weighted by atomic mass is 10.0. The number of sulfone groups is 1. The van der Waals surface area contributed by atoms with Gasteiger partial charge >= 0.3 is 0 Å². The molecule has 2 unspecified atom stereocenters. The van der Waals surface area contributed by atoms with E-state index in [0.717, 1.165) is 12.8 Å². The van der Waals surface area contributed by atoms with Gasteiger partial charge < -0.3 is 9.84 Å². The van der Waals surface area contributed by atoms with Gasteiger partial charge in [-0.05, 0) is 32.7 Å². The summed E-state index contributed by atoms with van der Waals surface area (Å²) >= 11 is 0. The average Bonchev–Trinajstić information content (AvgIpc) is 2.75. The van der Waals surface area contributed by atoms with Crippen LogP contribution in [0.2, 0.25) is 0 Å². The molecule has 2 atom stereocenters. The maximum absolute atomic E-state index is 11.6. The predicted octanol–water partition coefficient (Wildman–Crippen LogP) is 0.587. The maximum atomic E-state index is 11.6. The molecule has 0 aromatic carbocycles. The van der Waals surface area contributed by atoms with Crippen molar-refractivity contribution in [2.24, 2.45) is 5.92 Å². The smallest absolute Gasteiger partial charge is 0.228 e. The monoisotopic (exact) mass is 287 g/mol. The van der Waals surface area contributed by atoms with Crippen LogP contribution < -0.4 is 5.32 Å². The summed E-state index contributed by atoms with van der Waals surface area (Å²) in [7, 11) is -0.981. The minimum atomic E-state index is -2.86. The SMILES string of the molecule is CNC(C)Cc1nc(CC2CCCS(=O)(=O)C2)no1. The molecule has 0 amide bonds. The van der Waals surface area contributed by atoms with E-state index in [9.17, 15) is 8.42 Å². The molecule has 7 heteroatoms. The molecular weight excluding hydrogens is 266 g/mol. The Morgan fingerprint density at radius 3 is 3.00 bits per heavy atom. The Morgan fingerprint density at radius 2 is 2.32 bits per heavy atom. The second kappa shape index (κ2) is 6.00. The number of aromatic nitrogens is 2. The second-order valence-corrected chi connectivity index (χ2v) is 7.55. The Kier molecular flexibility index (Phi) is 4.57. The molecule has 108 valence electrons. The van der Waals surface area contributed by atoms with Crippen LogP contribution >= 0.6 is 0 Å². The minimum absolute atomic E-state index is 0.130. The molecule has 0 aliphatic carbocycles. The molecule has 0 saturated carbocycles. The third-order valence-electron chi connectivity index (χ3n) is 3.51. The summed E-state index contributed by atoms with van der Waals surface area (Å²) in [5.74, 6) is 1.94. The Morgan fingerprint density at radius 1 is 1.53 bits per heavy atom. The van der Waals surface area contributed by atoms with Crippen molar-refractivity contribution in [3.63, 3.8) is 0 Å². The van der Waals surface area contributed by atoms with Gasteiger partial charge in [-0.3, -0.25) is 0 Å². The highest BCUT2D eigenvalue weighted by atomic mass is 32.2. The summed E-state index contributed by atoms with van der Waals surface area (Å²) in [5.41, 5.74) is 0. The number of hydrogen-bond acceptors (Lipinski definition) is 6. The van der Waals surface area contributed by atoms with Gasteiger partial charge in [-0.15, -0.1) is 0 Å². The number of rotatable bonds is 5. The number of nitrogens with zero attached hydrogens (tertiary/aromatic N) is 2. The Balaban J connectivity index is 1.92. The average molecular weight is 287 g/mol. The highest BCUT2D eigenvalue weighted by Gasteiger charge is 2.26. The summed E-state index contributed by atoms with van der Waals surface area (Å²) in [6.45, 7) is 2.04. The van der Waals surface area contributed by atoms with E-state index in [2.05, 4.69) is 15.5 Å². The van der Waals surface area contributed by atoms with Crippen molar-refractivity contribution >= 4 is 9.84 Å². The second-order valence-electron chi connectivity index (χ2n) is 5.32. The van der Waals surface area contributed by atoms with Crippen molar-refractivity contribution in [2.45, 2.75) is 38.6 Å². The minimum Gasteiger partial charge on any atom is -0.339 e. The van der Waals surface area contributed by atoms with E-state index < -0.39 is 9.84 Å². The fourth-order valence-electron chi connectivity index (χ4n) is 2.36. The molecule has 19 heavy (non-hydrogen) atoms. The number of nitrogens with one attached hydrogen (secondary N) is 1. The molecule has 6 nitrogen and oxygen atoms in total. The van der Waals surface area contributed by atoms with Gasteiger partial charge in [-0.1, -0.05) is 5.16 Å². The van der Waals surface area contributed by atoms with Crippen molar-refractivity contribution in [1.82, 2.24) is 15.5 Å². The molecule has 2 rings (SSSR count). The zero-order valence-corrected chi connectivity index (χ0v) is 12.2. The topological polar surface area (TPSA) is 85.1 Å². The van der Waals surface area contributed by atoms with Crippen LogP contribution in [0.3, 0.4) is 0 Å². The zero-order chi connectivity index (χ0) is 13.9. The largest absolute Gasteiger partial charge is 0.339 e. The summed E-state index contributed by atoms with van der Waals surface area (Å²) in [6, 6.07) is 0.281. The first-order chi connectivity index (χ1) is 8.98. The Hall–Kier alpha value is -0.950. The van der Waals surface area contributed by atoms with Crippen LogP contribution in [0.1, 0.15) is 31.5 Å². The molecule has 1 N–H and O–H groups in total. The maximum Gasteiger partial charge on any atom is 0.228 e. The molecule has 1 aliphatic heterocycles. The standard InChI is InChI=1S/C12H21N3O3S/c1-9(13-2)6-12-14-11(15-18-12)7-10-4-3-5-19(16,17)8-10/h9-10,13H,3-8H2,1-2H3. The first-order valence-electron chi connectivity index (χ1n) is 6.67. The Bertz CT molecular complexity index is 512. The molecule has 1 fully saturated rings. The fourth-order valence-corrected chi connectivity index (χ4v) is 4.13.